The standard InChI is InChI=1S/C26H33FN4O2S/c1-18-22(15-19-7-9-21(10-8-19)34-30(5)6)23-16-28-13-12-24(23)31(18)17-20(27)11-14-29-25(32)33-26(2,3)4/h7-13,16H,14-15,17H2,1-6H3,(H,29,32)/b20-11-. The van der Waals surface area contributed by atoms with Gasteiger partial charge >= 0.3 is 6.09 Å². The molecule has 34 heavy (non-hydrogen) atoms. The van der Waals surface area contributed by atoms with Crippen molar-refractivity contribution in [3.05, 3.63) is 71.4 Å². The number of aromatic nitrogens is 2. The third kappa shape index (κ3) is 7.08. The molecule has 0 saturated carbocycles. The number of amides is 1. The van der Waals surface area contributed by atoms with Gasteiger partial charge in [-0.1, -0.05) is 12.1 Å². The van der Waals surface area contributed by atoms with Gasteiger partial charge in [0, 0.05) is 34.9 Å². The van der Waals surface area contributed by atoms with Crippen LogP contribution in [0.5, 0.6) is 0 Å². The van der Waals surface area contributed by atoms with E-state index < -0.39 is 11.7 Å². The maximum absolute atomic E-state index is 14.8. The third-order valence-electron chi connectivity index (χ3n) is 5.13. The van der Waals surface area contributed by atoms with Crippen molar-refractivity contribution in [2.24, 2.45) is 0 Å². The molecule has 1 aromatic carbocycles. The summed E-state index contributed by atoms with van der Waals surface area (Å²) in [6, 6.07) is 10.4. The molecule has 1 N–H and O–H groups in total. The fraction of sp³-hybridized carbons (Fsp3) is 0.385. The summed E-state index contributed by atoms with van der Waals surface area (Å²) < 4.78 is 24.0. The van der Waals surface area contributed by atoms with E-state index in [1.807, 2.05) is 37.8 Å². The summed E-state index contributed by atoms with van der Waals surface area (Å²) in [6.07, 6.45) is 5.11. The van der Waals surface area contributed by atoms with Gasteiger partial charge < -0.3 is 14.6 Å². The van der Waals surface area contributed by atoms with E-state index in [1.54, 1.807) is 38.9 Å². The van der Waals surface area contributed by atoms with E-state index in [0.717, 1.165) is 28.6 Å². The number of pyridine rings is 1. The van der Waals surface area contributed by atoms with Gasteiger partial charge in [-0.05, 0) is 95.6 Å². The zero-order chi connectivity index (χ0) is 24.9. The Morgan fingerprint density at radius 2 is 1.94 bits per heavy atom. The lowest BCUT2D eigenvalue weighted by molar-refractivity contribution is 0.0534. The van der Waals surface area contributed by atoms with Gasteiger partial charge in [-0.15, -0.1) is 0 Å². The van der Waals surface area contributed by atoms with Gasteiger partial charge in [0.15, 0.2) is 0 Å². The summed E-state index contributed by atoms with van der Waals surface area (Å²) in [7, 11) is 4.04. The number of carbonyl (C=O) groups is 1. The highest BCUT2D eigenvalue weighted by molar-refractivity contribution is 7.97. The van der Waals surface area contributed by atoms with Gasteiger partial charge in [-0.25, -0.2) is 9.18 Å². The Kier molecular flexibility index (Phi) is 8.38. The molecule has 0 radical (unpaired) electrons. The van der Waals surface area contributed by atoms with Crippen molar-refractivity contribution in [3.63, 3.8) is 0 Å². The van der Waals surface area contributed by atoms with E-state index in [1.165, 1.54) is 16.5 Å². The number of ether oxygens (including phenoxy) is 1. The Labute approximate surface area is 205 Å². The lowest BCUT2D eigenvalue weighted by Gasteiger charge is -2.19. The van der Waals surface area contributed by atoms with Crippen molar-refractivity contribution in [2.45, 2.75) is 51.2 Å². The Bertz CT molecular complexity index is 1160. The smallest absolute Gasteiger partial charge is 0.407 e. The Morgan fingerprint density at radius 1 is 1.24 bits per heavy atom. The van der Waals surface area contributed by atoms with Crippen LogP contribution in [0.4, 0.5) is 9.18 Å². The predicted molar refractivity (Wildman–Crippen MR) is 137 cm³/mol. The molecule has 182 valence electrons. The van der Waals surface area contributed by atoms with Crippen molar-refractivity contribution in [1.29, 1.82) is 0 Å². The highest BCUT2D eigenvalue weighted by atomic mass is 32.2. The van der Waals surface area contributed by atoms with Gasteiger partial charge in [0.25, 0.3) is 0 Å². The van der Waals surface area contributed by atoms with Crippen LogP contribution in [0.25, 0.3) is 10.9 Å². The maximum atomic E-state index is 14.8. The minimum absolute atomic E-state index is 0.0602. The van der Waals surface area contributed by atoms with E-state index in [2.05, 4.69) is 38.9 Å². The Morgan fingerprint density at radius 3 is 2.59 bits per heavy atom. The number of hydrogen-bond donors (Lipinski definition) is 1. The van der Waals surface area contributed by atoms with Crippen molar-refractivity contribution < 1.29 is 13.9 Å². The maximum Gasteiger partial charge on any atom is 0.407 e. The fourth-order valence-corrected chi connectivity index (χ4v) is 4.36. The number of fused-ring (bicyclic) bond motifs is 1. The molecule has 3 aromatic rings. The summed E-state index contributed by atoms with van der Waals surface area (Å²) in [6.45, 7) is 7.51. The molecule has 0 unspecified atom stereocenters. The van der Waals surface area contributed by atoms with Crippen molar-refractivity contribution in [3.8, 4) is 0 Å². The van der Waals surface area contributed by atoms with Crippen LogP contribution in [0, 0.1) is 6.92 Å². The summed E-state index contributed by atoms with van der Waals surface area (Å²) in [5, 5.41) is 3.58. The first-order valence-electron chi connectivity index (χ1n) is 11.2. The van der Waals surface area contributed by atoms with Gasteiger partial charge in [0.2, 0.25) is 0 Å². The number of carbonyl (C=O) groups excluding carboxylic acids is 1. The van der Waals surface area contributed by atoms with E-state index in [9.17, 15) is 9.18 Å². The van der Waals surface area contributed by atoms with Crippen LogP contribution in [0.1, 0.15) is 37.6 Å². The van der Waals surface area contributed by atoms with Gasteiger partial charge in [0.1, 0.15) is 11.4 Å². The van der Waals surface area contributed by atoms with E-state index in [-0.39, 0.29) is 18.9 Å². The molecule has 0 fully saturated rings. The first-order chi connectivity index (χ1) is 16.0. The molecule has 1 amide bonds. The minimum Gasteiger partial charge on any atom is -0.444 e. The monoisotopic (exact) mass is 484 g/mol. The van der Waals surface area contributed by atoms with Gasteiger partial charge in [-0.2, -0.15) is 0 Å². The summed E-state index contributed by atoms with van der Waals surface area (Å²) >= 11 is 1.68. The molecular formula is C26H33FN4O2S. The van der Waals surface area contributed by atoms with Crippen LogP contribution in [0.2, 0.25) is 0 Å². The fourth-order valence-electron chi connectivity index (χ4n) is 3.68. The topological polar surface area (TPSA) is 59.4 Å². The zero-order valence-electron chi connectivity index (χ0n) is 20.7. The SMILES string of the molecule is Cc1c(Cc2ccc(SN(C)C)cc2)c2cnccc2n1C/C(F)=C/CNC(=O)OC(C)(C)C. The van der Waals surface area contributed by atoms with Crippen LogP contribution in [0.15, 0.2) is 59.5 Å². The molecule has 8 heteroatoms. The second-order valence-electron chi connectivity index (χ2n) is 9.30. The van der Waals surface area contributed by atoms with E-state index in [4.69, 9.17) is 4.74 Å². The Balaban J connectivity index is 1.76. The summed E-state index contributed by atoms with van der Waals surface area (Å²) in [4.78, 5) is 17.3. The molecule has 3 rings (SSSR count). The molecule has 0 spiro atoms. The molecular weight excluding hydrogens is 451 g/mol. The average molecular weight is 485 g/mol. The number of halogens is 1. The van der Waals surface area contributed by atoms with Crippen molar-refractivity contribution in [1.82, 2.24) is 19.2 Å². The van der Waals surface area contributed by atoms with E-state index >= 15 is 0 Å². The van der Waals surface area contributed by atoms with Crippen LogP contribution in [-0.2, 0) is 17.7 Å². The first kappa shape index (κ1) is 25.8. The molecule has 0 aliphatic rings. The molecule has 2 heterocycles. The van der Waals surface area contributed by atoms with Crippen molar-refractivity contribution in [2.75, 3.05) is 20.6 Å². The number of rotatable bonds is 8. The number of nitrogens with one attached hydrogen (secondary N) is 1. The van der Waals surface area contributed by atoms with Gasteiger partial charge in [0.05, 0.1) is 12.1 Å². The van der Waals surface area contributed by atoms with Crippen LogP contribution >= 0.6 is 11.9 Å². The second kappa shape index (κ2) is 11.1. The molecule has 0 aliphatic heterocycles. The summed E-state index contributed by atoms with van der Waals surface area (Å²) in [5.74, 6) is -0.329. The first-order valence-corrected chi connectivity index (χ1v) is 12.0. The molecule has 0 saturated heterocycles. The zero-order valence-corrected chi connectivity index (χ0v) is 21.5. The molecule has 6 nitrogen and oxygen atoms in total. The number of hydrogen-bond acceptors (Lipinski definition) is 5. The molecule has 0 atom stereocenters. The minimum atomic E-state index is -0.594. The number of allylic oxidation sites excluding steroid dienone is 1. The third-order valence-corrected chi connectivity index (χ3v) is 5.97. The van der Waals surface area contributed by atoms with Crippen LogP contribution in [0.3, 0.4) is 0 Å². The lowest BCUT2D eigenvalue weighted by atomic mass is 10.0. The highest BCUT2D eigenvalue weighted by Gasteiger charge is 2.17. The number of alkyl carbamates (subject to hydrolysis) is 1. The molecule has 2 aromatic heterocycles. The van der Waals surface area contributed by atoms with Crippen LogP contribution in [-0.4, -0.2) is 46.2 Å². The quantitative estimate of drug-likeness (QED) is 0.405. The second-order valence-corrected chi connectivity index (χ2v) is 10.7. The number of nitrogens with zero attached hydrogens (tertiary/aromatic N) is 3. The van der Waals surface area contributed by atoms with Crippen molar-refractivity contribution >= 4 is 28.9 Å². The average Bonchev–Trinajstić information content (AvgIpc) is 2.99. The predicted octanol–water partition coefficient (Wildman–Crippen LogP) is 5.88. The van der Waals surface area contributed by atoms with Gasteiger partial charge in [-0.3, -0.25) is 9.29 Å². The highest BCUT2D eigenvalue weighted by Crippen LogP contribution is 2.29. The lowest BCUT2D eigenvalue weighted by Crippen LogP contribution is -2.32. The normalized spacial score (nSPS) is 12.4. The Hall–Kier alpha value is -2.84. The van der Waals surface area contributed by atoms with Crippen LogP contribution < -0.4 is 5.32 Å². The molecule has 0 aliphatic carbocycles. The molecule has 0 bridgehead atoms. The largest absolute Gasteiger partial charge is 0.444 e. The number of benzene rings is 1. The summed E-state index contributed by atoms with van der Waals surface area (Å²) in [5.41, 5.74) is 3.66. The van der Waals surface area contributed by atoms with E-state index in [0.29, 0.717) is 0 Å².